The molecule has 3 rings (SSSR count). The number of morpholine rings is 1. The van der Waals surface area contributed by atoms with Gasteiger partial charge in [-0.2, -0.15) is 0 Å². The Bertz CT molecular complexity index is 720. The van der Waals surface area contributed by atoms with Crippen LogP contribution in [0.1, 0.15) is 21.5 Å². The molecular formula is C20H22FNO3. The maximum atomic E-state index is 13.3. The zero-order valence-corrected chi connectivity index (χ0v) is 14.3. The smallest absolute Gasteiger partial charge is 0.338 e. The maximum absolute atomic E-state index is 13.3. The van der Waals surface area contributed by atoms with Gasteiger partial charge in [0.15, 0.2) is 0 Å². The van der Waals surface area contributed by atoms with Gasteiger partial charge in [0.05, 0.1) is 12.2 Å². The minimum Gasteiger partial charge on any atom is -0.459 e. The molecule has 5 heteroatoms. The molecule has 1 heterocycles. The Hall–Kier alpha value is -2.24. The lowest BCUT2D eigenvalue weighted by molar-refractivity contribution is -0.0612. The summed E-state index contributed by atoms with van der Waals surface area (Å²) in [6, 6.07) is 14.4. The van der Waals surface area contributed by atoms with Crippen LogP contribution in [0.15, 0.2) is 48.5 Å². The van der Waals surface area contributed by atoms with Gasteiger partial charge in [-0.15, -0.1) is 0 Å². The van der Waals surface area contributed by atoms with Gasteiger partial charge in [-0.1, -0.05) is 36.4 Å². The van der Waals surface area contributed by atoms with Crippen LogP contribution in [0.5, 0.6) is 0 Å². The van der Waals surface area contributed by atoms with Crippen molar-refractivity contribution in [2.75, 3.05) is 26.3 Å². The molecule has 2 aromatic rings. The third-order valence-corrected chi connectivity index (χ3v) is 4.29. The van der Waals surface area contributed by atoms with Crippen LogP contribution in [0.4, 0.5) is 4.39 Å². The van der Waals surface area contributed by atoms with E-state index in [9.17, 15) is 9.18 Å². The highest BCUT2D eigenvalue weighted by atomic mass is 19.1. The highest BCUT2D eigenvalue weighted by molar-refractivity contribution is 5.91. The van der Waals surface area contributed by atoms with Crippen LogP contribution in [0, 0.1) is 12.7 Å². The summed E-state index contributed by atoms with van der Waals surface area (Å²) in [5.74, 6) is -0.957. The predicted molar refractivity (Wildman–Crippen MR) is 92.9 cm³/mol. The van der Waals surface area contributed by atoms with Crippen molar-refractivity contribution >= 4 is 5.97 Å². The maximum Gasteiger partial charge on any atom is 0.338 e. The molecule has 1 aliphatic heterocycles. The molecule has 0 N–H and O–H groups in total. The Morgan fingerprint density at radius 2 is 2.08 bits per heavy atom. The van der Waals surface area contributed by atoms with Gasteiger partial charge in [0.25, 0.3) is 0 Å². The Morgan fingerprint density at radius 3 is 2.88 bits per heavy atom. The second-order valence-corrected chi connectivity index (χ2v) is 6.27. The lowest BCUT2D eigenvalue weighted by Gasteiger charge is -2.32. The van der Waals surface area contributed by atoms with Gasteiger partial charge in [0.1, 0.15) is 18.5 Å². The molecule has 1 unspecified atom stereocenters. The summed E-state index contributed by atoms with van der Waals surface area (Å²) >= 11 is 0. The molecule has 0 bridgehead atoms. The van der Waals surface area contributed by atoms with Crippen LogP contribution in [0.3, 0.4) is 0 Å². The summed E-state index contributed by atoms with van der Waals surface area (Å²) in [6.45, 7) is 4.92. The number of benzene rings is 2. The highest BCUT2D eigenvalue weighted by Gasteiger charge is 2.22. The summed E-state index contributed by atoms with van der Waals surface area (Å²) in [6.07, 6.45) is -0.171. The molecule has 1 atom stereocenters. The highest BCUT2D eigenvalue weighted by Crippen LogP contribution is 2.14. The van der Waals surface area contributed by atoms with E-state index in [1.165, 1.54) is 17.7 Å². The molecule has 0 amide bonds. The topological polar surface area (TPSA) is 38.8 Å². The Balaban J connectivity index is 1.52. The molecule has 1 fully saturated rings. The average Bonchev–Trinajstić information content (AvgIpc) is 2.63. The van der Waals surface area contributed by atoms with Crippen LogP contribution in [0.25, 0.3) is 0 Å². The van der Waals surface area contributed by atoms with Crippen LogP contribution < -0.4 is 0 Å². The van der Waals surface area contributed by atoms with E-state index >= 15 is 0 Å². The first-order valence-corrected chi connectivity index (χ1v) is 8.43. The fourth-order valence-electron chi connectivity index (χ4n) is 2.93. The van der Waals surface area contributed by atoms with E-state index in [1.54, 1.807) is 13.0 Å². The molecule has 0 aliphatic carbocycles. The van der Waals surface area contributed by atoms with Crippen molar-refractivity contribution in [1.82, 2.24) is 4.90 Å². The number of esters is 1. The summed E-state index contributed by atoms with van der Waals surface area (Å²) in [5.41, 5.74) is 2.20. The van der Waals surface area contributed by atoms with Gasteiger partial charge in [-0.25, -0.2) is 9.18 Å². The lowest BCUT2D eigenvalue weighted by atomic mass is 10.1. The number of hydrogen-bond donors (Lipinski definition) is 0. The van der Waals surface area contributed by atoms with Crippen LogP contribution in [-0.2, 0) is 16.0 Å². The fraction of sp³-hybridized carbons (Fsp3) is 0.350. The first-order valence-electron chi connectivity index (χ1n) is 8.43. The second kappa shape index (κ2) is 8.23. The molecule has 25 heavy (non-hydrogen) atoms. The van der Waals surface area contributed by atoms with Crippen LogP contribution in [-0.4, -0.2) is 43.3 Å². The van der Waals surface area contributed by atoms with Crippen molar-refractivity contribution in [2.45, 2.75) is 19.6 Å². The molecule has 1 aliphatic rings. The number of aryl methyl sites for hydroxylation is 1. The molecule has 0 saturated carbocycles. The summed E-state index contributed by atoms with van der Waals surface area (Å²) in [5, 5.41) is 0. The molecule has 2 aromatic carbocycles. The average molecular weight is 343 g/mol. The van der Waals surface area contributed by atoms with E-state index in [0.29, 0.717) is 18.7 Å². The Labute approximate surface area is 147 Å². The minimum atomic E-state index is -0.513. The lowest BCUT2D eigenvalue weighted by Crippen LogP contribution is -2.44. The normalized spacial score (nSPS) is 18.1. The van der Waals surface area contributed by atoms with E-state index in [1.807, 2.05) is 18.2 Å². The summed E-state index contributed by atoms with van der Waals surface area (Å²) < 4.78 is 24.4. The number of carbonyl (C=O) groups is 1. The molecule has 4 nitrogen and oxygen atoms in total. The van der Waals surface area contributed by atoms with Gasteiger partial charge >= 0.3 is 5.97 Å². The van der Waals surface area contributed by atoms with Crippen molar-refractivity contribution in [3.05, 3.63) is 71.0 Å². The van der Waals surface area contributed by atoms with E-state index in [-0.39, 0.29) is 18.3 Å². The number of rotatable bonds is 5. The monoisotopic (exact) mass is 343 g/mol. The molecule has 132 valence electrons. The van der Waals surface area contributed by atoms with Crippen LogP contribution >= 0.6 is 0 Å². The third kappa shape index (κ3) is 4.87. The summed E-state index contributed by atoms with van der Waals surface area (Å²) in [7, 11) is 0. The van der Waals surface area contributed by atoms with Gasteiger partial charge in [0.2, 0.25) is 0 Å². The predicted octanol–water partition coefficient (Wildman–Crippen LogP) is 3.19. The molecule has 0 aromatic heterocycles. The van der Waals surface area contributed by atoms with Gasteiger partial charge < -0.3 is 9.47 Å². The summed E-state index contributed by atoms with van der Waals surface area (Å²) in [4.78, 5) is 14.5. The minimum absolute atomic E-state index is 0.167. The first kappa shape index (κ1) is 17.6. The van der Waals surface area contributed by atoms with Crippen molar-refractivity contribution in [3.63, 3.8) is 0 Å². The molecular weight excluding hydrogens is 321 g/mol. The van der Waals surface area contributed by atoms with Crippen molar-refractivity contribution < 1.29 is 18.7 Å². The van der Waals surface area contributed by atoms with Crippen molar-refractivity contribution in [3.8, 4) is 0 Å². The Kier molecular flexibility index (Phi) is 5.79. The molecule has 0 spiro atoms. The number of carbonyl (C=O) groups excluding carboxylic acids is 1. The van der Waals surface area contributed by atoms with Crippen molar-refractivity contribution in [2.24, 2.45) is 0 Å². The Morgan fingerprint density at radius 1 is 1.28 bits per heavy atom. The zero-order valence-electron chi connectivity index (χ0n) is 14.3. The SMILES string of the molecule is Cc1ccc(F)cc1C(=O)OCC1CN(Cc2ccccc2)CCO1. The molecule has 1 saturated heterocycles. The van der Waals surface area contributed by atoms with E-state index < -0.39 is 11.8 Å². The number of ether oxygens (including phenoxy) is 2. The zero-order chi connectivity index (χ0) is 17.6. The second-order valence-electron chi connectivity index (χ2n) is 6.27. The molecule has 0 radical (unpaired) electrons. The standard InChI is InChI=1S/C20H22FNO3/c1-15-7-8-17(21)11-19(15)20(23)25-14-18-13-22(9-10-24-18)12-16-5-3-2-4-6-16/h2-8,11,18H,9-10,12-14H2,1H3. The van der Waals surface area contributed by atoms with E-state index in [2.05, 4.69) is 17.0 Å². The van der Waals surface area contributed by atoms with E-state index in [4.69, 9.17) is 9.47 Å². The quantitative estimate of drug-likeness (QED) is 0.782. The van der Waals surface area contributed by atoms with Gasteiger partial charge in [0, 0.05) is 19.6 Å². The fourth-order valence-corrected chi connectivity index (χ4v) is 2.93. The van der Waals surface area contributed by atoms with Gasteiger partial charge in [-0.3, -0.25) is 4.90 Å². The number of hydrogen-bond acceptors (Lipinski definition) is 4. The first-order chi connectivity index (χ1) is 12.1. The third-order valence-electron chi connectivity index (χ3n) is 4.29. The van der Waals surface area contributed by atoms with Crippen molar-refractivity contribution in [1.29, 1.82) is 0 Å². The largest absolute Gasteiger partial charge is 0.459 e. The van der Waals surface area contributed by atoms with E-state index in [0.717, 1.165) is 13.1 Å². The van der Waals surface area contributed by atoms with Gasteiger partial charge in [-0.05, 0) is 30.2 Å². The number of nitrogens with zero attached hydrogens (tertiary/aromatic N) is 1. The van der Waals surface area contributed by atoms with Crippen LogP contribution in [0.2, 0.25) is 0 Å². The number of halogens is 1.